The van der Waals surface area contributed by atoms with Gasteiger partial charge in [0, 0.05) is 50.4 Å². The van der Waals surface area contributed by atoms with Crippen molar-refractivity contribution in [1.29, 1.82) is 0 Å². The van der Waals surface area contributed by atoms with Crippen molar-refractivity contribution in [2.45, 2.75) is 32.9 Å². The summed E-state index contributed by atoms with van der Waals surface area (Å²) in [6, 6.07) is 14.4. The molecular weight excluding hydrogens is 374 g/mol. The Morgan fingerprint density at radius 1 is 1.13 bits per heavy atom. The van der Waals surface area contributed by atoms with Crippen molar-refractivity contribution in [2.75, 3.05) is 19.6 Å². The lowest BCUT2D eigenvalue weighted by Gasteiger charge is -2.29. The first-order chi connectivity index (χ1) is 14.6. The number of carbonyl (C=O) groups excluding carboxylic acids is 1. The summed E-state index contributed by atoms with van der Waals surface area (Å²) in [7, 11) is 0. The number of aromatic amines is 2. The Bertz CT molecular complexity index is 1010. The van der Waals surface area contributed by atoms with E-state index in [1.54, 1.807) is 0 Å². The summed E-state index contributed by atoms with van der Waals surface area (Å²) >= 11 is 0. The number of aryl methyl sites for hydroxylation is 2. The summed E-state index contributed by atoms with van der Waals surface area (Å²) in [5, 5.41) is 0. The minimum absolute atomic E-state index is 0.102. The van der Waals surface area contributed by atoms with Crippen molar-refractivity contribution in [3.05, 3.63) is 77.1 Å². The highest BCUT2D eigenvalue weighted by molar-refractivity contribution is 5.93. The molecule has 0 unspecified atom stereocenters. The number of imidazole rings is 1. The van der Waals surface area contributed by atoms with Gasteiger partial charge in [0.05, 0.1) is 11.7 Å². The molecule has 2 N–H and O–H groups in total. The lowest BCUT2D eigenvalue weighted by atomic mass is 9.89. The molecule has 1 amide bonds. The Balaban J connectivity index is 1.38. The van der Waals surface area contributed by atoms with E-state index in [0.29, 0.717) is 17.5 Å². The first kappa shape index (κ1) is 19.1. The fraction of sp³-hybridized carbons (Fsp3) is 0.417. The molecule has 5 rings (SSSR count). The standard InChI is InChI=1S/C24H29N5O/c1-3-22-26-16(2)21(27-22)15-28-12-18-13-29(24(30)20-10-7-11-25-20)23(19(18)14-28)17-8-5-4-6-9-17/h4-11,18-19,23,25H,3,12-15H2,1-2H3,(H,26,27)/t18-,19-,23+/m0/s1. The molecule has 6 nitrogen and oxygen atoms in total. The van der Waals surface area contributed by atoms with E-state index in [1.165, 1.54) is 11.3 Å². The van der Waals surface area contributed by atoms with Crippen molar-refractivity contribution in [3.8, 4) is 0 Å². The summed E-state index contributed by atoms with van der Waals surface area (Å²) in [5.74, 6) is 2.09. The molecule has 0 radical (unpaired) electrons. The third kappa shape index (κ3) is 3.35. The fourth-order valence-electron chi connectivity index (χ4n) is 5.27. The Morgan fingerprint density at radius 3 is 2.67 bits per heavy atom. The van der Waals surface area contributed by atoms with E-state index in [4.69, 9.17) is 4.98 Å². The van der Waals surface area contributed by atoms with Crippen LogP contribution in [0.2, 0.25) is 0 Å². The summed E-state index contributed by atoms with van der Waals surface area (Å²) in [4.78, 5) is 29.1. The van der Waals surface area contributed by atoms with Gasteiger partial charge >= 0.3 is 0 Å². The van der Waals surface area contributed by atoms with E-state index in [2.05, 4.69) is 57.9 Å². The molecule has 0 aliphatic carbocycles. The highest BCUT2D eigenvalue weighted by atomic mass is 16.2. The number of carbonyl (C=O) groups is 1. The summed E-state index contributed by atoms with van der Waals surface area (Å²) in [5.41, 5.74) is 4.23. The van der Waals surface area contributed by atoms with E-state index in [-0.39, 0.29) is 11.9 Å². The number of hydrogen-bond acceptors (Lipinski definition) is 3. The molecule has 2 fully saturated rings. The van der Waals surface area contributed by atoms with Gasteiger partial charge in [0.2, 0.25) is 0 Å². The number of H-pyrrole nitrogens is 2. The molecule has 0 bridgehead atoms. The smallest absolute Gasteiger partial charge is 0.270 e. The third-order valence-corrected chi connectivity index (χ3v) is 6.71. The lowest BCUT2D eigenvalue weighted by molar-refractivity contribution is 0.0694. The predicted molar refractivity (Wildman–Crippen MR) is 116 cm³/mol. The van der Waals surface area contributed by atoms with Gasteiger partial charge in [-0.15, -0.1) is 0 Å². The topological polar surface area (TPSA) is 68.0 Å². The first-order valence-corrected chi connectivity index (χ1v) is 10.9. The molecule has 3 atom stereocenters. The minimum Gasteiger partial charge on any atom is -0.357 e. The van der Waals surface area contributed by atoms with Crippen LogP contribution in [0.1, 0.15) is 46.2 Å². The molecule has 2 saturated heterocycles. The van der Waals surface area contributed by atoms with Crippen LogP contribution in [0.3, 0.4) is 0 Å². The van der Waals surface area contributed by atoms with E-state index in [0.717, 1.165) is 44.1 Å². The van der Waals surface area contributed by atoms with Gasteiger partial charge in [0.1, 0.15) is 11.5 Å². The number of aromatic nitrogens is 3. The van der Waals surface area contributed by atoms with Crippen molar-refractivity contribution < 1.29 is 4.79 Å². The summed E-state index contributed by atoms with van der Waals surface area (Å²) < 4.78 is 0. The quantitative estimate of drug-likeness (QED) is 0.685. The van der Waals surface area contributed by atoms with Gasteiger partial charge < -0.3 is 14.9 Å². The number of hydrogen-bond donors (Lipinski definition) is 2. The molecule has 30 heavy (non-hydrogen) atoms. The Labute approximate surface area is 177 Å². The molecule has 156 valence electrons. The highest BCUT2D eigenvalue weighted by Gasteiger charge is 2.49. The number of fused-ring (bicyclic) bond motifs is 1. The van der Waals surface area contributed by atoms with Gasteiger partial charge in [-0.05, 0) is 30.5 Å². The normalized spacial score (nSPS) is 23.8. The summed E-state index contributed by atoms with van der Waals surface area (Å²) in [6.07, 6.45) is 2.75. The Hall–Kier alpha value is -2.86. The van der Waals surface area contributed by atoms with Crippen molar-refractivity contribution in [3.63, 3.8) is 0 Å². The van der Waals surface area contributed by atoms with Crippen molar-refractivity contribution in [1.82, 2.24) is 24.8 Å². The predicted octanol–water partition coefficient (Wildman–Crippen LogP) is 3.55. The lowest BCUT2D eigenvalue weighted by Crippen LogP contribution is -2.35. The van der Waals surface area contributed by atoms with Crippen LogP contribution >= 0.6 is 0 Å². The molecule has 4 heterocycles. The maximum atomic E-state index is 13.2. The molecule has 2 aromatic heterocycles. The maximum absolute atomic E-state index is 13.2. The van der Waals surface area contributed by atoms with Gasteiger partial charge in [0.15, 0.2) is 0 Å². The Kier molecular flexibility index (Phi) is 4.95. The summed E-state index contributed by atoms with van der Waals surface area (Å²) in [6.45, 7) is 7.92. The number of benzene rings is 1. The molecule has 1 aromatic carbocycles. The van der Waals surface area contributed by atoms with Crippen LogP contribution in [0.4, 0.5) is 0 Å². The van der Waals surface area contributed by atoms with Crippen LogP contribution in [0.25, 0.3) is 0 Å². The number of nitrogens with one attached hydrogen (secondary N) is 2. The number of nitrogens with zero attached hydrogens (tertiary/aromatic N) is 3. The van der Waals surface area contributed by atoms with E-state index in [1.807, 2.05) is 24.4 Å². The number of likely N-dealkylation sites (tertiary alicyclic amines) is 2. The van der Waals surface area contributed by atoms with E-state index in [9.17, 15) is 4.79 Å². The molecule has 2 aliphatic heterocycles. The van der Waals surface area contributed by atoms with E-state index < -0.39 is 0 Å². The van der Waals surface area contributed by atoms with Gasteiger partial charge in [-0.2, -0.15) is 0 Å². The molecule has 0 spiro atoms. The second-order valence-corrected chi connectivity index (χ2v) is 8.62. The second kappa shape index (κ2) is 7.76. The molecular formula is C24H29N5O. The fourth-order valence-corrected chi connectivity index (χ4v) is 5.27. The van der Waals surface area contributed by atoms with Crippen molar-refractivity contribution >= 4 is 5.91 Å². The van der Waals surface area contributed by atoms with Crippen LogP contribution < -0.4 is 0 Å². The van der Waals surface area contributed by atoms with E-state index >= 15 is 0 Å². The average Bonchev–Trinajstić information content (AvgIpc) is 3.53. The van der Waals surface area contributed by atoms with Gasteiger partial charge in [-0.3, -0.25) is 9.69 Å². The van der Waals surface area contributed by atoms with Crippen molar-refractivity contribution in [2.24, 2.45) is 11.8 Å². The average molecular weight is 404 g/mol. The zero-order valence-corrected chi connectivity index (χ0v) is 17.6. The van der Waals surface area contributed by atoms with Crippen LogP contribution in [0, 0.1) is 18.8 Å². The van der Waals surface area contributed by atoms with Crippen LogP contribution in [0.15, 0.2) is 48.7 Å². The van der Waals surface area contributed by atoms with Crippen LogP contribution in [-0.2, 0) is 13.0 Å². The minimum atomic E-state index is 0.102. The molecule has 3 aromatic rings. The number of amides is 1. The monoisotopic (exact) mass is 403 g/mol. The molecule has 6 heteroatoms. The Morgan fingerprint density at radius 2 is 1.97 bits per heavy atom. The molecule has 0 saturated carbocycles. The van der Waals surface area contributed by atoms with Crippen LogP contribution in [0.5, 0.6) is 0 Å². The third-order valence-electron chi connectivity index (χ3n) is 6.71. The second-order valence-electron chi connectivity index (χ2n) is 8.62. The SMILES string of the molecule is CCc1nc(CN2C[C@H]3CN(C(=O)c4ccc[nH]4)[C@H](c4ccccc4)[C@H]3C2)c(C)[nH]1. The largest absolute Gasteiger partial charge is 0.357 e. The van der Waals surface area contributed by atoms with Crippen LogP contribution in [-0.4, -0.2) is 50.3 Å². The maximum Gasteiger partial charge on any atom is 0.270 e. The number of rotatable bonds is 5. The van der Waals surface area contributed by atoms with Gasteiger partial charge in [-0.1, -0.05) is 37.3 Å². The van der Waals surface area contributed by atoms with Gasteiger partial charge in [0.25, 0.3) is 5.91 Å². The molecule has 2 aliphatic rings. The zero-order chi connectivity index (χ0) is 20.7. The van der Waals surface area contributed by atoms with Gasteiger partial charge in [-0.25, -0.2) is 4.98 Å². The zero-order valence-electron chi connectivity index (χ0n) is 17.6. The highest BCUT2D eigenvalue weighted by Crippen LogP contribution is 2.45. The first-order valence-electron chi connectivity index (χ1n) is 10.9.